The summed E-state index contributed by atoms with van der Waals surface area (Å²) in [6.07, 6.45) is 6.08. The Morgan fingerprint density at radius 2 is 1.56 bits per heavy atom. The minimum absolute atomic E-state index is 0.109. The Hall–Kier alpha value is -4.15. The fourth-order valence-corrected chi connectivity index (χ4v) is 5.67. The molecule has 4 aromatic carbocycles. The molecule has 194 valence electrons. The van der Waals surface area contributed by atoms with Crippen molar-refractivity contribution in [2.24, 2.45) is 0 Å². The Kier molecular flexibility index (Phi) is 7.29. The van der Waals surface area contributed by atoms with Gasteiger partial charge in [-0.05, 0) is 84.3 Å². The average molecular weight is 532 g/mol. The van der Waals surface area contributed by atoms with Crippen molar-refractivity contribution in [1.82, 2.24) is 9.88 Å². The maximum atomic E-state index is 13.1. The molecule has 1 aliphatic heterocycles. The quantitative estimate of drug-likeness (QED) is 0.239. The summed E-state index contributed by atoms with van der Waals surface area (Å²) in [7, 11) is 0. The zero-order valence-corrected chi connectivity index (χ0v) is 22.5. The van der Waals surface area contributed by atoms with Crippen LogP contribution in [0.2, 0.25) is 5.02 Å². The third kappa shape index (κ3) is 5.52. The molecule has 0 atom stereocenters. The van der Waals surface area contributed by atoms with Gasteiger partial charge in [-0.25, -0.2) is 0 Å². The summed E-state index contributed by atoms with van der Waals surface area (Å²) in [5.74, 6) is 0.109. The van der Waals surface area contributed by atoms with Crippen molar-refractivity contribution < 1.29 is 4.79 Å². The number of rotatable bonds is 6. The number of para-hydroxylation sites is 1. The number of benzene rings is 4. The van der Waals surface area contributed by atoms with Crippen molar-refractivity contribution in [1.29, 1.82) is 0 Å². The van der Waals surface area contributed by atoms with Crippen LogP contribution >= 0.6 is 11.6 Å². The third-order valence-corrected chi connectivity index (χ3v) is 7.66. The van der Waals surface area contributed by atoms with Crippen LogP contribution in [0.3, 0.4) is 0 Å². The maximum absolute atomic E-state index is 13.1. The summed E-state index contributed by atoms with van der Waals surface area (Å²) in [6, 6.07) is 32.6. The van der Waals surface area contributed by atoms with Crippen LogP contribution in [-0.2, 0) is 6.42 Å². The Morgan fingerprint density at radius 1 is 0.821 bits per heavy atom. The van der Waals surface area contributed by atoms with Crippen molar-refractivity contribution in [3.05, 3.63) is 125 Å². The second-order valence-corrected chi connectivity index (χ2v) is 10.5. The second-order valence-electron chi connectivity index (χ2n) is 10.1. The van der Waals surface area contributed by atoms with Crippen LogP contribution in [0.5, 0.6) is 0 Å². The highest BCUT2D eigenvalue weighted by Gasteiger charge is 2.18. The molecule has 5 aromatic rings. The number of nitrogens with one attached hydrogen (secondary N) is 1. The average Bonchev–Trinajstić information content (AvgIpc) is 2.98. The van der Waals surface area contributed by atoms with E-state index in [0.717, 1.165) is 76.9 Å². The van der Waals surface area contributed by atoms with Crippen LogP contribution in [0.4, 0.5) is 11.4 Å². The number of halogens is 1. The van der Waals surface area contributed by atoms with E-state index < -0.39 is 0 Å². The molecule has 1 saturated heterocycles. The molecular weight excluding hydrogens is 502 g/mol. The number of aromatic nitrogens is 1. The van der Waals surface area contributed by atoms with Crippen molar-refractivity contribution in [3.8, 4) is 11.1 Å². The summed E-state index contributed by atoms with van der Waals surface area (Å²) < 4.78 is 0. The van der Waals surface area contributed by atoms with Gasteiger partial charge in [0.15, 0.2) is 0 Å². The molecule has 1 aliphatic rings. The normalized spacial score (nSPS) is 13.4. The molecule has 6 rings (SSSR count). The molecule has 0 bridgehead atoms. The molecule has 4 nitrogen and oxygen atoms in total. The van der Waals surface area contributed by atoms with Crippen LogP contribution in [0.25, 0.3) is 22.0 Å². The molecule has 2 heterocycles. The predicted octanol–water partition coefficient (Wildman–Crippen LogP) is 8.52. The smallest absolute Gasteiger partial charge is 0.253 e. The van der Waals surface area contributed by atoms with E-state index in [9.17, 15) is 4.79 Å². The van der Waals surface area contributed by atoms with E-state index in [-0.39, 0.29) is 5.91 Å². The first-order chi connectivity index (χ1) is 19.2. The number of carbonyl (C=O) groups excluding carboxylic acids is 1. The fraction of sp³-hybridized carbons (Fsp3) is 0.176. The summed E-state index contributed by atoms with van der Waals surface area (Å²) in [6.45, 7) is 1.68. The predicted molar refractivity (Wildman–Crippen MR) is 161 cm³/mol. The summed E-state index contributed by atoms with van der Waals surface area (Å²) in [5.41, 5.74) is 7.94. The number of likely N-dealkylation sites (tertiary alicyclic amines) is 1. The minimum atomic E-state index is 0.109. The number of hydrogen-bond acceptors (Lipinski definition) is 3. The van der Waals surface area contributed by atoms with E-state index in [4.69, 9.17) is 16.6 Å². The Balaban J connectivity index is 1.35. The molecule has 0 radical (unpaired) electrons. The number of hydrogen-bond donors (Lipinski definition) is 1. The summed E-state index contributed by atoms with van der Waals surface area (Å²) >= 11 is 6.56. The number of fused-ring (bicyclic) bond motifs is 1. The van der Waals surface area contributed by atoms with Gasteiger partial charge >= 0.3 is 0 Å². The first kappa shape index (κ1) is 25.1. The molecule has 0 spiro atoms. The first-order valence-electron chi connectivity index (χ1n) is 13.5. The van der Waals surface area contributed by atoms with Gasteiger partial charge in [0.05, 0.1) is 10.5 Å². The molecule has 1 aromatic heterocycles. The Bertz CT molecular complexity index is 1630. The van der Waals surface area contributed by atoms with Gasteiger partial charge in [-0.1, -0.05) is 72.3 Å². The van der Waals surface area contributed by atoms with Crippen LogP contribution < -0.4 is 5.32 Å². The number of carbonyl (C=O) groups is 1. The topological polar surface area (TPSA) is 45.2 Å². The number of anilines is 2. The van der Waals surface area contributed by atoms with E-state index in [0.29, 0.717) is 5.02 Å². The van der Waals surface area contributed by atoms with E-state index in [1.807, 2.05) is 53.6 Å². The van der Waals surface area contributed by atoms with Gasteiger partial charge in [0.1, 0.15) is 0 Å². The van der Waals surface area contributed by atoms with Gasteiger partial charge < -0.3 is 10.2 Å². The van der Waals surface area contributed by atoms with Crippen molar-refractivity contribution >= 4 is 39.8 Å². The van der Waals surface area contributed by atoms with Crippen LogP contribution in [-0.4, -0.2) is 28.9 Å². The van der Waals surface area contributed by atoms with Gasteiger partial charge in [-0.15, -0.1) is 0 Å². The SMILES string of the molecule is O=C(c1cccc(Nc2cccc(-c3c(Cc4ccccc4)cnc4c(Cl)cccc34)c2)c1)N1CCCCC1. The molecule has 1 fully saturated rings. The van der Waals surface area contributed by atoms with Crippen molar-refractivity contribution in [2.45, 2.75) is 25.7 Å². The monoisotopic (exact) mass is 531 g/mol. The molecule has 0 aliphatic carbocycles. The number of nitrogens with zero attached hydrogens (tertiary/aromatic N) is 2. The van der Waals surface area contributed by atoms with Gasteiger partial charge in [-0.2, -0.15) is 0 Å². The summed E-state index contributed by atoms with van der Waals surface area (Å²) in [4.78, 5) is 19.8. The molecule has 0 saturated carbocycles. The number of piperidine rings is 1. The molecule has 5 heteroatoms. The van der Waals surface area contributed by atoms with E-state index in [1.165, 1.54) is 12.0 Å². The zero-order valence-electron chi connectivity index (χ0n) is 21.7. The first-order valence-corrected chi connectivity index (χ1v) is 13.9. The standard InChI is InChI=1S/C34H30ClN3O/c35-31-17-9-16-30-32(27(23-36-33(30)31)20-24-10-3-1-4-11-24)25-12-7-14-28(21-25)37-29-15-8-13-26(22-29)34(39)38-18-5-2-6-19-38/h1,3-4,7-17,21-23,37H,2,5-6,18-20H2. The number of amides is 1. The van der Waals surface area contributed by atoms with Gasteiger partial charge in [-0.3, -0.25) is 9.78 Å². The summed E-state index contributed by atoms with van der Waals surface area (Å²) in [5, 5.41) is 5.20. The van der Waals surface area contributed by atoms with Gasteiger partial charge in [0, 0.05) is 41.6 Å². The van der Waals surface area contributed by atoms with Crippen molar-refractivity contribution in [3.63, 3.8) is 0 Å². The highest BCUT2D eigenvalue weighted by molar-refractivity contribution is 6.35. The molecule has 1 amide bonds. The highest BCUT2D eigenvalue weighted by atomic mass is 35.5. The highest BCUT2D eigenvalue weighted by Crippen LogP contribution is 2.36. The van der Waals surface area contributed by atoms with Crippen LogP contribution in [0.1, 0.15) is 40.7 Å². The van der Waals surface area contributed by atoms with Gasteiger partial charge in [0.2, 0.25) is 0 Å². The lowest BCUT2D eigenvalue weighted by Gasteiger charge is -2.26. The molecule has 39 heavy (non-hydrogen) atoms. The Morgan fingerprint density at radius 3 is 2.38 bits per heavy atom. The zero-order chi connectivity index (χ0) is 26.6. The second kappa shape index (κ2) is 11.3. The lowest BCUT2D eigenvalue weighted by atomic mass is 9.92. The fourth-order valence-electron chi connectivity index (χ4n) is 5.45. The lowest BCUT2D eigenvalue weighted by Crippen LogP contribution is -2.35. The lowest BCUT2D eigenvalue weighted by molar-refractivity contribution is 0.0724. The molecular formula is C34H30ClN3O. The minimum Gasteiger partial charge on any atom is -0.355 e. The number of pyridine rings is 1. The van der Waals surface area contributed by atoms with Crippen molar-refractivity contribution in [2.75, 3.05) is 18.4 Å². The largest absolute Gasteiger partial charge is 0.355 e. The Labute approximate surface area is 234 Å². The van der Waals surface area contributed by atoms with E-state index in [2.05, 4.69) is 59.9 Å². The van der Waals surface area contributed by atoms with Crippen LogP contribution in [0.15, 0.2) is 103 Å². The third-order valence-electron chi connectivity index (χ3n) is 7.36. The molecule has 1 N–H and O–H groups in total. The maximum Gasteiger partial charge on any atom is 0.253 e. The molecule has 0 unspecified atom stereocenters. The van der Waals surface area contributed by atoms with E-state index >= 15 is 0 Å². The van der Waals surface area contributed by atoms with E-state index in [1.54, 1.807) is 0 Å². The van der Waals surface area contributed by atoms with Crippen LogP contribution in [0, 0.1) is 0 Å². The van der Waals surface area contributed by atoms with Gasteiger partial charge in [0.25, 0.3) is 5.91 Å².